The molecule has 3 atom stereocenters. The van der Waals surface area contributed by atoms with E-state index in [0.29, 0.717) is 39.1 Å². The van der Waals surface area contributed by atoms with Crippen LogP contribution in [0.15, 0.2) is 73.1 Å². The van der Waals surface area contributed by atoms with Gasteiger partial charge in [-0.25, -0.2) is 4.79 Å². The second-order valence-corrected chi connectivity index (χ2v) is 10.7. The van der Waals surface area contributed by atoms with Crippen LogP contribution in [0.4, 0.5) is 4.79 Å². The number of ketones is 1. The summed E-state index contributed by atoms with van der Waals surface area (Å²) in [5.41, 5.74) is 3.13. The zero-order valence-corrected chi connectivity index (χ0v) is 21.4. The first-order valence-electron chi connectivity index (χ1n) is 12.6. The lowest BCUT2D eigenvalue weighted by Crippen LogP contribution is -2.37. The summed E-state index contributed by atoms with van der Waals surface area (Å²) < 4.78 is 5.95. The number of carbonyl (C=O) groups excluding carboxylic acids is 2. The molecule has 0 saturated carbocycles. The molecule has 3 unspecified atom stereocenters. The average molecular weight is 518 g/mol. The molecule has 2 N–H and O–H groups in total. The molecule has 5 rings (SSSR count). The zero-order valence-electron chi connectivity index (χ0n) is 20.6. The van der Waals surface area contributed by atoms with Crippen molar-refractivity contribution in [2.75, 3.05) is 12.4 Å². The second-order valence-electron chi connectivity index (χ2n) is 9.40. The largest absolute Gasteiger partial charge is 0.493 e. The minimum atomic E-state index is -0.130. The van der Waals surface area contributed by atoms with Gasteiger partial charge in [0.1, 0.15) is 11.5 Å². The van der Waals surface area contributed by atoms with Crippen molar-refractivity contribution < 1.29 is 14.3 Å². The van der Waals surface area contributed by atoms with Gasteiger partial charge in [-0.3, -0.25) is 19.7 Å². The van der Waals surface area contributed by atoms with Gasteiger partial charge < -0.3 is 15.4 Å². The van der Waals surface area contributed by atoms with Crippen molar-refractivity contribution in [3.63, 3.8) is 0 Å². The summed E-state index contributed by atoms with van der Waals surface area (Å²) in [6.07, 6.45) is 4.43. The van der Waals surface area contributed by atoms with Gasteiger partial charge in [0.05, 0.1) is 30.1 Å². The van der Waals surface area contributed by atoms with Crippen LogP contribution < -0.4 is 15.4 Å². The number of aromatic nitrogens is 2. The number of amides is 2. The number of benzene rings is 1. The lowest BCUT2D eigenvalue weighted by molar-refractivity contribution is -0.119. The third-order valence-electron chi connectivity index (χ3n) is 6.54. The molecule has 2 fully saturated rings. The van der Waals surface area contributed by atoms with Crippen molar-refractivity contribution in [2.45, 2.75) is 49.8 Å². The van der Waals surface area contributed by atoms with Crippen molar-refractivity contribution >= 4 is 23.6 Å². The molecule has 8 nitrogen and oxygen atoms in total. The first-order valence-corrected chi connectivity index (χ1v) is 13.6. The fraction of sp³-hybridized carbons (Fsp3) is 0.357. The summed E-state index contributed by atoms with van der Waals surface area (Å²) in [5, 5.41) is 5.98. The predicted molar refractivity (Wildman–Crippen MR) is 143 cm³/mol. The van der Waals surface area contributed by atoms with E-state index in [2.05, 4.69) is 31.6 Å². The van der Waals surface area contributed by atoms with E-state index in [9.17, 15) is 9.59 Å². The van der Waals surface area contributed by atoms with Crippen LogP contribution in [0, 0.1) is 0 Å². The molecule has 9 heteroatoms. The molecule has 2 aliphatic rings. The molecule has 2 aromatic heterocycles. The van der Waals surface area contributed by atoms with Crippen molar-refractivity contribution in [2.24, 2.45) is 0 Å². The number of Topliss-reactive ketones (excluding diaryl/α,β-unsaturated/α-hetero) is 1. The number of rotatable bonds is 12. The molecule has 1 aromatic carbocycles. The van der Waals surface area contributed by atoms with Crippen molar-refractivity contribution in [1.29, 1.82) is 0 Å². The van der Waals surface area contributed by atoms with Crippen LogP contribution in [-0.2, 0) is 24.4 Å². The van der Waals surface area contributed by atoms with Crippen LogP contribution in [0.3, 0.4) is 0 Å². The molecule has 192 valence electrons. The summed E-state index contributed by atoms with van der Waals surface area (Å²) in [5.74, 6) is 1.76. The number of nitrogens with one attached hydrogen (secondary N) is 2. The first kappa shape index (κ1) is 25.2. The SMILES string of the molecule is O=C(CCOc1cccc(CN(Cc2ccccn2)Cc2ccccn2)c1)CC1SCC2NC(=O)NC21. The molecule has 0 spiro atoms. The lowest BCUT2D eigenvalue weighted by Gasteiger charge is -2.22. The van der Waals surface area contributed by atoms with Crippen molar-refractivity contribution in [1.82, 2.24) is 25.5 Å². The predicted octanol–water partition coefficient (Wildman–Crippen LogP) is 3.57. The number of fused-ring (bicyclic) bond motifs is 1. The Morgan fingerprint density at radius 1 is 0.973 bits per heavy atom. The van der Waals surface area contributed by atoms with Gasteiger partial charge in [-0.05, 0) is 42.0 Å². The molecule has 3 aromatic rings. The molecule has 2 aliphatic heterocycles. The van der Waals surface area contributed by atoms with Crippen LogP contribution in [0.2, 0.25) is 0 Å². The average Bonchev–Trinajstić information content (AvgIpc) is 3.45. The van der Waals surface area contributed by atoms with Gasteiger partial charge in [0.25, 0.3) is 0 Å². The van der Waals surface area contributed by atoms with Crippen molar-refractivity contribution in [3.05, 3.63) is 90.0 Å². The molecule has 0 bridgehead atoms. The number of pyridine rings is 2. The van der Waals surface area contributed by atoms with E-state index >= 15 is 0 Å². The van der Waals surface area contributed by atoms with E-state index < -0.39 is 0 Å². The molecule has 2 saturated heterocycles. The highest BCUT2D eigenvalue weighted by molar-refractivity contribution is 8.00. The van der Waals surface area contributed by atoms with E-state index in [1.165, 1.54) is 0 Å². The maximum absolute atomic E-state index is 12.6. The third kappa shape index (κ3) is 7.08. The van der Waals surface area contributed by atoms with E-state index in [4.69, 9.17) is 4.74 Å². The number of thioether (sulfide) groups is 1. The minimum Gasteiger partial charge on any atom is -0.493 e. The topological polar surface area (TPSA) is 96.4 Å². The summed E-state index contributed by atoms with van der Waals surface area (Å²) in [7, 11) is 0. The number of nitrogens with zero attached hydrogens (tertiary/aromatic N) is 3. The van der Waals surface area contributed by atoms with Crippen LogP contribution in [0.1, 0.15) is 29.8 Å². The standard InChI is InChI=1S/C28H31N5O3S/c34-23(15-26-27-25(19-37-26)31-28(35)32-27)10-13-36-24-9-5-6-20(14-24)16-33(17-21-7-1-3-11-29-21)18-22-8-2-4-12-30-22/h1-9,11-12,14,25-27H,10,13,15-19H2,(H2,31,32,35). The molecular formula is C28H31N5O3S. The smallest absolute Gasteiger partial charge is 0.315 e. The summed E-state index contributed by atoms with van der Waals surface area (Å²) in [6.45, 7) is 2.45. The Kier molecular flexibility index (Phi) is 8.32. The Balaban J connectivity index is 1.14. The molecule has 4 heterocycles. The summed E-state index contributed by atoms with van der Waals surface area (Å²) >= 11 is 1.75. The van der Waals surface area contributed by atoms with Gasteiger partial charge in [-0.15, -0.1) is 0 Å². The van der Waals surface area contributed by atoms with E-state index in [1.807, 2.05) is 67.0 Å². The van der Waals surface area contributed by atoms with E-state index in [0.717, 1.165) is 28.5 Å². The fourth-order valence-corrected chi connectivity index (χ4v) is 6.29. The summed E-state index contributed by atoms with van der Waals surface area (Å²) in [6, 6.07) is 20.0. The van der Waals surface area contributed by atoms with Crippen LogP contribution in [-0.4, -0.2) is 56.4 Å². The molecule has 0 radical (unpaired) electrons. The van der Waals surface area contributed by atoms with E-state index in [-0.39, 0.29) is 29.1 Å². The molecule has 2 amide bonds. The van der Waals surface area contributed by atoms with Gasteiger partial charge >= 0.3 is 6.03 Å². The molecule has 37 heavy (non-hydrogen) atoms. The Bertz CT molecular complexity index is 1160. The second kappa shape index (κ2) is 12.2. The Morgan fingerprint density at radius 2 is 1.73 bits per heavy atom. The van der Waals surface area contributed by atoms with Gasteiger partial charge in [-0.2, -0.15) is 11.8 Å². The number of urea groups is 1. The van der Waals surface area contributed by atoms with Crippen LogP contribution >= 0.6 is 11.8 Å². The maximum atomic E-state index is 12.6. The highest BCUT2D eigenvalue weighted by Gasteiger charge is 2.43. The molecule has 0 aliphatic carbocycles. The number of hydrogen-bond donors (Lipinski definition) is 2. The Hall–Kier alpha value is -3.43. The first-order chi connectivity index (χ1) is 18.1. The highest BCUT2D eigenvalue weighted by Crippen LogP contribution is 2.32. The Morgan fingerprint density at radius 3 is 2.43 bits per heavy atom. The van der Waals surface area contributed by atoms with Gasteiger partial charge in [-0.1, -0.05) is 24.3 Å². The lowest BCUT2D eigenvalue weighted by atomic mass is 10.0. The number of carbonyl (C=O) groups is 2. The highest BCUT2D eigenvalue weighted by atomic mass is 32.2. The number of ether oxygens (including phenoxy) is 1. The monoisotopic (exact) mass is 517 g/mol. The normalized spacial score (nSPS) is 20.4. The zero-order chi connectivity index (χ0) is 25.5. The minimum absolute atomic E-state index is 0.0409. The maximum Gasteiger partial charge on any atom is 0.315 e. The van der Waals surface area contributed by atoms with Gasteiger partial charge in [0, 0.05) is 55.9 Å². The third-order valence-corrected chi connectivity index (χ3v) is 7.98. The fourth-order valence-electron chi connectivity index (χ4n) is 4.78. The quantitative estimate of drug-likeness (QED) is 0.355. The number of hydrogen-bond acceptors (Lipinski definition) is 7. The van der Waals surface area contributed by atoms with Gasteiger partial charge in [0.15, 0.2) is 0 Å². The summed E-state index contributed by atoms with van der Waals surface area (Å²) in [4.78, 5) is 35.4. The van der Waals surface area contributed by atoms with Gasteiger partial charge in [0.2, 0.25) is 0 Å². The van der Waals surface area contributed by atoms with Crippen molar-refractivity contribution in [3.8, 4) is 5.75 Å². The van der Waals surface area contributed by atoms with Crippen LogP contribution in [0.25, 0.3) is 0 Å². The Labute approximate surface area is 221 Å². The molecular weight excluding hydrogens is 486 g/mol. The van der Waals surface area contributed by atoms with E-state index in [1.54, 1.807) is 11.8 Å². The van der Waals surface area contributed by atoms with Crippen LogP contribution in [0.5, 0.6) is 5.75 Å².